The fourth-order valence-electron chi connectivity index (χ4n) is 1.49. The van der Waals surface area contributed by atoms with E-state index in [0.717, 1.165) is 6.07 Å². The molecule has 1 aromatic rings. The van der Waals surface area contributed by atoms with E-state index in [1.54, 1.807) is 6.92 Å². The van der Waals surface area contributed by atoms with E-state index in [9.17, 15) is 19.1 Å². The summed E-state index contributed by atoms with van der Waals surface area (Å²) < 4.78 is 18.1. The maximum atomic E-state index is 13.3. The number of phenolic OH excluding ortho intramolecular Hbond substituents is 1. The largest absolute Gasteiger partial charge is 0.507 e. The number of aromatic hydroxyl groups is 1. The third-order valence-corrected chi connectivity index (χ3v) is 2.37. The number of nitrogens with one attached hydrogen (secondary N) is 1. The molecule has 0 bridgehead atoms. The standard InChI is InChI=1S/C13H16FNO4/c1-2-19-11(17)7-4-8-15-13(18)12-9(14)5-3-6-10(12)16/h3,5-6,16H,2,4,7-8H2,1H3,(H,15,18). The molecule has 0 spiro atoms. The van der Waals surface area contributed by atoms with Crippen LogP contribution in [0.25, 0.3) is 0 Å². The van der Waals surface area contributed by atoms with E-state index in [1.165, 1.54) is 12.1 Å². The topological polar surface area (TPSA) is 75.6 Å². The number of carbonyl (C=O) groups excluding carboxylic acids is 2. The van der Waals surface area contributed by atoms with Crippen LogP contribution < -0.4 is 5.32 Å². The molecule has 1 rings (SSSR count). The van der Waals surface area contributed by atoms with Gasteiger partial charge in [-0.25, -0.2) is 4.39 Å². The van der Waals surface area contributed by atoms with E-state index < -0.39 is 23.0 Å². The molecule has 19 heavy (non-hydrogen) atoms. The van der Waals surface area contributed by atoms with Crippen molar-refractivity contribution in [2.45, 2.75) is 19.8 Å². The van der Waals surface area contributed by atoms with Crippen LogP contribution >= 0.6 is 0 Å². The van der Waals surface area contributed by atoms with Crippen LogP contribution in [0.3, 0.4) is 0 Å². The van der Waals surface area contributed by atoms with Crippen LogP contribution in [0.4, 0.5) is 4.39 Å². The lowest BCUT2D eigenvalue weighted by molar-refractivity contribution is -0.143. The molecule has 0 saturated heterocycles. The average molecular weight is 269 g/mol. The van der Waals surface area contributed by atoms with Crippen LogP contribution in [0.15, 0.2) is 18.2 Å². The molecular formula is C13H16FNO4. The first-order valence-corrected chi connectivity index (χ1v) is 5.97. The van der Waals surface area contributed by atoms with Crippen LogP contribution in [0.1, 0.15) is 30.1 Å². The van der Waals surface area contributed by atoms with E-state index in [1.807, 2.05) is 0 Å². The van der Waals surface area contributed by atoms with Crippen molar-refractivity contribution in [3.63, 3.8) is 0 Å². The Morgan fingerprint density at radius 3 is 2.79 bits per heavy atom. The maximum absolute atomic E-state index is 13.3. The van der Waals surface area contributed by atoms with E-state index >= 15 is 0 Å². The summed E-state index contributed by atoms with van der Waals surface area (Å²) in [5.74, 6) is -2.25. The minimum atomic E-state index is -0.789. The monoisotopic (exact) mass is 269 g/mol. The SMILES string of the molecule is CCOC(=O)CCCNC(=O)c1c(O)cccc1F. The van der Waals surface area contributed by atoms with Crippen molar-refractivity contribution in [2.24, 2.45) is 0 Å². The molecule has 0 aromatic heterocycles. The lowest BCUT2D eigenvalue weighted by Crippen LogP contribution is -2.26. The fourth-order valence-corrected chi connectivity index (χ4v) is 1.49. The second kappa shape index (κ2) is 7.35. The number of amides is 1. The van der Waals surface area contributed by atoms with Crippen molar-refractivity contribution in [3.8, 4) is 5.75 Å². The van der Waals surface area contributed by atoms with Gasteiger partial charge in [-0.3, -0.25) is 9.59 Å². The number of carbonyl (C=O) groups is 2. The van der Waals surface area contributed by atoms with E-state index in [2.05, 4.69) is 5.32 Å². The Morgan fingerprint density at radius 1 is 1.42 bits per heavy atom. The van der Waals surface area contributed by atoms with E-state index in [4.69, 9.17) is 4.74 Å². The fraction of sp³-hybridized carbons (Fsp3) is 0.385. The predicted molar refractivity (Wildman–Crippen MR) is 66.3 cm³/mol. The number of ether oxygens (including phenoxy) is 1. The van der Waals surface area contributed by atoms with E-state index in [-0.39, 0.29) is 18.9 Å². The molecule has 0 saturated carbocycles. The highest BCUT2D eigenvalue weighted by atomic mass is 19.1. The number of hydrogen-bond acceptors (Lipinski definition) is 4. The molecule has 0 unspecified atom stereocenters. The summed E-state index contributed by atoms with van der Waals surface area (Å²) in [5, 5.41) is 11.8. The number of rotatable bonds is 6. The molecule has 5 nitrogen and oxygen atoms in total. The highest BCUT2D eigenvalue weighted by molar-refractivity contribution is 5.97. The van der Waals surface area contributed by atoms with Crippen molar-refractivity contribution < 1.29 is 23.8 Å². The number of esters is 1. The number of hydrogen-bond donors (Lipinski definition) is 2. The highest BCUT2D eigenvalue weighted by Crippen LogP contribution is 2.19. The minimum absolute atomic E-state index is 0.178. The third kappa shape index (κ3) is 4.57. The van der Waals surface area contributed by atoms with Gasteiger partial charge in [-0.15, -0.1) is 0 Å². The Hall–Kier alpha value is -2.11. The van der Waals surface area contributed by atoms with Gasteiger partial charge in [0.05, 0.1) is 6.61 Å². The highest BCUT2D eigenvalue weighted by Gasteiger charge is 2.15. The first-order chi connectivity index (χ1) is 9.06. The summed E-state index contributed by atoms with van der Waals surface area (Å²) in [5.41, 5.74) is -0.390. The van der Waals surface area contributed by atoms with Gasteiger partial charge in [0, 0.05) is 13.0 Å². The Morgan fingerprint density at radius 2 is 2.16 bits per heavy atom. The molecule has 1 aromatic carbocycles. The van der Waals surface area contributed by atoms with Gasteiger partial charge in [-0.05, 0) is 25.5 Å². The van der Waals surface area contributed by atoms with Crippen LogP contribution in [-0.2, 0) is 9.53 Å². The maximum Gasteiger partial charge on any atom is 0.305 e. The van der Waals surface area contributed by atoms with Crippen molar-refractivity contribution in [3.05, 3.63) is 29.6 Å². The number of halogens is 1. The Bertz CT molecular complexity index is 442. The summed E-state index contributed by atoms with van der Waals surface area (Å²) in [7, 11) is 0. The van der Waals surface area contributed by atoms with Gasteiger partial charge in [-0.1, -0.05) is 6.07 Å². The minimum Gasteiger partial charge on any atom is -0.507 e. The van der Waals surface area contributed by atoms with Gasteiger partial charge in [-0.2, -0.15) is 0 Å². The van der Waals surface area contributed by atoms with Gasteiger partial charge in [0.25, 0.3) is 5.91 Å². The molecular weight excluding hydrogens is 253 g/mol. The molecule has 0 aliphatic rings. The second-order valence-electron chi connectivity index (χ2n) is 3.80. The van der Waals surface area contributed by atoms with Gasteiger partial charge < -0.3 is 15.2 Å². The van der Waals surface area contributed by atoms with E-state index in [0.29, 0.717) is 13.0 Å². The van der Waals surface area contributed by atoms with Gasteiger partial charge in [0.2, 0.25) is 0 Å². The quantitative estimate of drug-likeness (QED) is 0.607. The molecule has 0 aliphatic heterocycles. The average Bonchev–Trinajstić information content (AvgIpc) is 2.35. The number of phenols is 1. The summed E-state index contributed by atoms with van der Waals surface area (Å²) >= 11 is 0. The zero-order chi connectivity index (χ0) is 14.3. The molecule has 2 N–H and O–H groups in total. The zero-order valence-corrected chi connectivity index (χ0v) is 10.6. The zero-order valence-electron chi connectivity index (χ0n) is 10.6. The van der Waals surface area contributed by atoms with Crippen molar-refractivity contribution in [2.75, 3.05) is 13.2 Å². The third-order valence-electron chi connectivity index (χ3n) is 2.37. The normalized spacial score (nSPS) is 10.0. The van der Waals surface area contributed by atoms with Crippen molar-refractivity contribution in [1.29, 1.82) is 0 Å². The Kier molecular flexibility index (Phi) is 5.78. The smallest absolute Gasteiger partial charge is 0.305 e. The Labute approximate surface area is 110 Å². The van der Waals surface area contributed by atoms with Crippen LogP contribution in [0.2, 0.25) is 0 Å². The molecule has 6 heteroatoms. The van der Waals surface area contributed by atoms with Gasteiger partial charge in [0.15, 0.2) is 0 Å². The molecule has 0 fully saturated rings. The number of benzene rings is 1. The summed E-state index contributed by atoms with van der Waals surface area (Å²) in [6.07, 6.45) is 0.567. The predicted octanol–water partition coefficient (Wildman–Crippen LogP) is 1.60. The lowest BCUT2D eigenvalue weighted by Gasteiger charge is -2.07. The first kappa shape index (κ1) is 14.9. The van der Waals surface area contributed by atoms with Crippen LogP contribution in [-0.4, -0.2) is 30.1 Å². The molecule has 0 atom stereocenters. The summed E-state index contributed by atoms with van der Waals surface area (Å²) in [6.45, 7) is 2.22. The van der Waals surface area contributed by atoms with Crippen molar-refractivity contribution in [1.82, 2.24) is 5.32 Å². The molecule has 0 aliphatic carbocycles. The van der Waals surface area contributed by atoms with Crippen LogP contribution in [0, 0.1) is 5.82 Å². The molecule has 104 valence electrons. The Balaban J connectivity index is 2.42. The second-order valence-corrected chi connectivity index (χ2v) is 3.80. The van der Waals surface area contributed by atoms with Crippen LogP contribution in [0.5, 0.6) is 5.75 Å². The van der Waals surface area contributed by atoms with Crippen molar-refractivity contribution >= 4 is 11.9 Å². The summed E-state index contributed by atoms with van der Waals surface area (Å²) in [4.78, 5) is 22.7. The molecule has 0 radical (unpaired) electrons. The lowest BCUT2D eigenvalue weighted by atomic mass is 10.1. The molecule has 0 heterocycles. The van der Waals surface area contributed by atoms with Gasteiger partial charge in [0.1, 0.15) is 17.1 Å². The van der Waals surface area contributed by atoms with Gasteiger partial charge >= 0.3 is 5.97 Å². The summed E-state index contributed by atoms with van der Waals surface area (Å²) in [6, 6.07) is 3.63. The molecule has 1 amide bonds. The first-order valence-electron chi connectivity index (χ1n) is 5.97.